The largest absolute Gasteiger partial charge is 0.357 e. The number of halogens is 1. The second-order valence-corrected chi connectivity index (χ2v) is 8.59. The molecule has 2 N–H and O–H groups in total. The normalized spacial score (nSPS) is 15.2. The third kappa shape index (κ3) is 5.68. The molecule has 0 bridgehead atoms. The van der Waals surface area contributed by atoms with E-state index in [1.165, 1.54) is 18.9 Å². The maximum Gasteiger partial charge on any atom is 0.315 e. The summed E-state index contributed by atoms with van der Waals surface area (Å²) in [6, 6.07) is 10.4. The molecule has 0 saturated carbocycles. The van der Waals surface area contributed by atoms with E-state index in [-0.39, 0.29) is 11.8 Å². The quantitative estimate of drug-likeness (QED) is 0.765. The fraction of sp³-hybridized carbons (Fsp3) is 0.478. The molecular weight excluding hydrogens is 367 g/mol. The first kappa shape index (κ1) is 21.1. The molecule has 156 valence electrons. The molecule has 1 aromatic carbocycles. The molecule has 0 aliphatic carbocycles. The number of hydrogen-bond acceptors (Lipinski definition) is 3. The number of aromatic nitrogens is 1. The number of hydrogen-bond donors (Lipinski definition) is 2. The molecule has 2 heterocycles. The van der Waals surface area contributed by atoms with Crippen LogP contribution in [0.15, 0.2) is 42.6 Å². The van der Waals surface area contributed by atoms with Crippen molar-refractivity contribution in [1.29, 1.82) is 0 Å². The Morgan fingerprint density at radius 3 is 2.55 bits per heavy atom. The third-order valence-corrected chi connectivity index (χ3v) is 5.66. The van der Waals surface area contributed by atoms with Crippen molar-refractivity contribution in [3.05, 3.63) is 59.5 Å². The highest BCUT2D eigenvalue weighted by Crippen LogP contribution is 2.25. The van der Waals surface area contributed by atoms with Crippen LogP contribution in [0.4, 0.5) is 15.0 Å². The average molecular weight is 399 g/mol. The first-order valence-electron chi connectivity index (χ1n) is 10.3. The SMILES string of the molecule is CC1CCN(c2ccc(CNC(=O)NCC(C)(C)c3ccccc3F)cn2)CC1. The number of nitrogens with zero attached hydrogens (tertiary/aromatic N) is 2. The van der Waals surface area contributed by atoms with E-state index in [4.69, 9.17) is 0 Å². The van der Waals surface area contributed by atoms with E-state index in [1.807, 2.05) is 32.2 Å². The van der Waals surface area contributed by atoms with Crippen molar-refractivity contribution in [3.8, 4) is 0 Å². The molecule has 29 heavy (non-hydrogen) atoms. The van der Waals surface area contributed by atoms with Gasteiger partial charge in [-0.05, 0) is 42.0 Å². The minimum absolute atomic E-state index is 0.256. The summed E-state index contributed by atoms with van der Waals surface area (Å²) in [6.07, 6.45) is 4.22. The molecule has 6 heteroatoms. The van der Waals surface area contributed by atoms with Gasteiger partial charge in [0.15, 0.2) is 0 Å². The fourth-order valence-electron chi connectivity index (χ4n) is 3.60. The van der Waals surface area contributed by atoms with Crippen molar-refractivity contribution >= 4 is 11.8 Å². The number of pyridine rings is 1. The van der Waals surface area contributed by atoms with Crippen LogP contribution in [0.1, 0.15) is 44.7 Å². The topological polar surface area (TPSA) is 57.3 Å². The van der Waals surface area contributed by atoms with Gasteiger partial charge in [0.1, 0.15) is 11.6 Å². The van der Waals surface area contributed by atoms with Gasteiger partial charge in [0.05, 0.1) is 0 Å². The minimum atomic E-state index is -0.502. The highest BCUT2D eigenvalue weighted by Gasteiger charge is 2.24. The molecule has 5 nitrogen and oxygen atoms in total. The van der Waals surface area contributed by atoms with Crippen LogP contribution in [0.5, 0.6) is 0 Å². The second-order valence-electron chi connectivity index (χ2n) is 8.59. The molecule has 1 aliphatic rings. The Kier molecular flexibility index (Phi) is 6.72. The first-order chi connectivity index (χ1) is 13.8. The Morgan fingerprint density at radius 1 is 1.17 bits per heavy atom. The van der Waals surface area contributed by atoms with E-state index in [9.17, 15) is 9.18 Å². The Labute approximate surface area is 172 Å². The van der Waals surface area contributed by atoms with Gasteiger partial charge >= 0.3 is 6.03 Å². The van der Waals surface area contributed by atoms with Crippen LogP contribution < -0.4 is 15.5 Å². The number of benzene rings is 1. The lowest BCUT2D eigenvalue weighted by molar-refractivity contribution is 0.238. The van der Waals surface area contributed by atoms with Gasteiger partial charge < -0.3 is 15.5 Å². The van der Waals surface area contributed by atoms with Crippen molar-refractivity contribution < 1.29 is 9.18 Å². The van der Waals surface area contributed by atoms with E-state index in [1.54, 1.807) is 18.2 Å². The highest BCUT2D eigenvalue weighted by atomic mass is 19.1. The van der Waals surface area contributed by atoms with Crippen molar-refractivity contribution in [2.45, 2.75) is 45.6 Å². The Morgan fingerprint density at radius 2 is 1.90 bits per heavy atom. The molecule has 0 spiro atoms. The van der Waals surface area contributed by atoms with Crippen LogP contribution in [0, 0.1) is 11.7 Å². The van der Waals surface area contributed by atoms with E-state index >= 15 is 0 Å². The molecule has 0 atom stereocenters. The van der Waals surface area contributed by atoms with Gasteiger partial charge in [-0.15, -0.1) is 0 Å². The van der Waals surface area contributed by atoms with E-state index in [0.29, 0.717) is 18.7 Å². The van der Waals surface area contributed by atoms with Crippen LogP contribution in [0.2, 0.25) is 0 Å². The predicted molar refractivity (Wildman–Crippen MR) is 115 cm³/mol. The van der Waals surface area contributed by atoms with Crippen molar-refractivity contribution in [2.24, 2.45) is 5.92 Å². The highest BCUT2D eigenvalue weighted by molar-refractivity contribution is 5.74. The molecule has 1 fully saturated rings. The molecule has 1 aliphatic heterocycles. The maximum absolute atomic E-state index is 14.0. The lowest BCUT2D eigenvalue weighted by Gasteiger charge is -2.31. The Balaban J connectivity index is 1.46. The summed E-state index contributed by atoms with van der Waals surface area (Å²) in [5, 5.41) is 5.69. The number of anilines is 1. The Bertz CT molecular complexity index is 814. The standard InChI is InChI=1S/C23H31FN4O/c1-17-10-12-28(13-11-17)21-9-8-18(14-25-21)15-26-22(29)27-16-23(2,3)19-6-4-5-7-20(19)24/h4-9,14,17H,10-13,15-16H2,1-3H3,(H2,26,27,29). The van der Waals surface area contributed by atoms with Crippen LogP contribution in [0.3, 0.4) is 0 Å². The lowest BCUT2D eigenvalue weighted by atomic mass is 9.84. The second kappa shape index (κ2) is 9.25. The summed E-state index contributed by atoms with van der Waals surface area (Å²) in [6.45, 7) is 8.95. The molecule has 3 rings (SSSR count). The molecule has 1 aromatic heterocycles. The smallest absolute Gasteiger partial charge is 0.315 e. The summed E-state index contributed by atoms with van der Waals surface area (Å²) < 4.78 is 14.0. The summed E-state index contributed by atoms with van der Waals surface area (Å²) in [4.78, 5) is 19.0. The number of amides is 2. The summed E-state index contributed by atoms with van der Waals surface area (Å²) in [5.41, 5.74) is 1.03. The average Bonchev–Trinajstić information content (AvgIpc) is 2.72. The van der Waals surface area contributed by atoms with Gasteiger partial charge in [0.25, 0.3) is 0 Å². The van der Waals surface area contributed by atoms with Gasteiger partial charge in [0.2, 0.25) is 0 Å². The Hall–Kier alpha value is -2.63. The molecular formula is C23H31FN4O. The van der Waals surface area contributed by atoms with Crippen molar-refractivity contribution in [2.75, 3.05) is 24.5 Å². The molecule has 1 saturated heterocycles. The van der Waals surface area contributed by atoms with Gasteiger partial charge in [-0.1, -0.05) is 45.0 Å². The summed E-state index contributed by atoms with van der Waals surface area (Å²) in [5.74, 6) is 1.53. The lowest BCUT2D eigenvalue weighted by Crippen LogP contribution is -2.42. The van der Waals surface area contributed by atoms with Gasteiger partial charge in [-0.3, -0.25) is 0 Å². The van der Waals surface area contributed by atoms with Crippen molar-refractivity contribution in [3.63, 3.8) is 0 Å². The zero-order valence-electron chi connectivity index (χ0n) is 17.5. The van der Waals surface area contributed by atoms with Crippen LogP contribution in [0.25, 0.3) is 0 Å². The molecule has 0 unspecified atom stereocenters. The molecule has 0 radical (unpaired) electrons. The van der Waals surface area contributed by atoms with Crippen LogP contribution in [-0.4, -0.2) is 30.6 Å². The van der Waals surface area contributed by atoms with Gasteiger partial charge in [-0.2, -0.15) is 0 Å². The fourth-order valence-corrected chi connectivity index (χ4v) is 3.60. The van der Waals surface area contributed by atoms with Crippen LogP contribution in [-0.2, 0) is 12.0 Å². The van der Waals surface area contributed by atoms with E-state index in [0.717, 1.165) is 30.4 Å². The van der Waals surface area contributed by atoms with Gasteiger partial charge in [0, 0.05) is 37.8 Å². The zero-order chi connectivity index (χ0) is 20.9. The zero-order valence-corrected chi connectivity index (χ0v) is 17.5. The number of carbonyl (C=O) groups excluding carboxylic acids is 1. The van der Waals surface area contributed by atoms with Gasteiger partial charge in [-0.25, -0.2) is 14.2 Å². The first-order valence-corrected chi connectivity index (χ1v) is 10.3. The third-order valence-electron chi connectivity index (χ3n) is 5.66. The van der Waals surface area contributed by atoms with Crippen LogP contribution >= 0.6 is 0 Å². The summed E-state index contributed by atoms with van der Waals surface area (Å²) >= 11 is 0. The number of urea groups is 1. The number of nitrogens with one attached hydrogen (secondary N) is 2. The van der Waals surface area contributed by atoms with E-state index < -0.39 is 5.41 Å². The molecule has 2 aromatic rings. The monoisotopic (exact) mass is 398 g/mol. The minimum Gasteiger partial charge on any atom is -0.357 e. The molecule has 2 amide bonds. The number of rotatable bonds is 6. The predicted octanol–water partition coefficient (Wildman–Crippen LogP) is 4.23. The summed E-state index contributed by atoms with van der Waals surface area (Å²) in [7, 11) is 0. The number of carbonyl (C=O) groups is 1. The number of piperidine rings is 1. The van der Waals surface area contributed by atoms with Crippen molar-refractivity contribution in [1.82, 2.24) is 15.6 Å². The van der Waals surface area contributed by atoms with E-state index in [2.05, 4.69) is 27.4 Å². The maximum atomic E-state index is 14.0.